The number of methoxy groups -OCH3 is 1. The number of anilines is 1. The first-order valence-electron chi connectivity index (χ1n) is 7.23. The van der Waals surface area contributed by atoms with Crippen LogP contribution in [0.15, 0.2) is 24.3 Å². The first-order chi connectivity index (χ1) is 9.85. The quantitative estimate of drug-likeness (QED) is 0.756. The highest BCUT2D eigenvalue weighted by molar-refractivity contribution is 5.85. The second-order valence-electron chi connectivity index (χ2n) is 4.90. The number of para-hydroxylation sites is 2. The molecule has 1 aliphatic rings. The van der Waals surface area contributed by atoms with Crippen LogP contribution in [-0.4, -0.2) is 64.5 Å². The zero-order valence-corrected chi connectivity index (χ0v) is 14.7. The lowest BCUT2D eigenvalue weighted by Crippen LogP contribution is -2.47. The molecule has 0 spiro atoms. The molecule has 1 aliphatic heterocycles. The average Bonchev–Trinajstić information content (AvgIpc) is 2.52. The second-order valence-corrected chi connectivity index (χ2v) is 4.90. The number of halogens is 2. The summed E-state index contributed by atoms with van der Waals surface area (Å²) in [5, 5.41) is 0. The van der Waals surface area contributed by atoms with Gasteiger partial charge in [-0.15, -0.1) is 24.8 Å². The van der Waals surface area contributed by atoms with Crippen LogP contribution in [0.25, 0.3) is 0 Å². The van der Waals surface area contributed by atoms with E-state index in [0.717, 1.165) is 45.1 Å². The first kappa shape index (κ1) is 21.3. The van der Waals surface area contributed by atoms with E-state index in [4.69, 9.17) is 15.2 Å². The van der Waals surface area contributed by atoms with E-state index in [9.17, 15) is 0 Å². The maximum Gasteiger partial charge on any atom is 0.142 e. The van der Waals surface area contributed by atoms with Gasteiger partial charge in [0.25, 0.3) is 0 Å². The smallest absolute Gasteiger partial charge is 0.142 e. The lowest BCUT2D eigenvalue weighted by atomic mass is 10.2. The summed E-state index contributed by atoms with van der Waals surface area (Å²) in [6, 6.07) is 8.21. The number of benzene rings is 1. The zero-order valence-electron chi connectivity index (χ0n) is 13.1. The van der Waals surface area contributed by atoms with Gasteiger partial charge in [-0.25, -0.2) is 0 Å². The van der Waals surface area contributed by atoms with Crippen molar-refractivity contribution in [3.8, 4) is 5.75 Å². The van der Waals surface area contributed by atoms with Crippen LogP contribution in [0.4, 0.5) is 5.69 Å². The van der Waals surface area contributed by atoms with E-state index < -0.39 is 0 Å². The van der Waals surface area contributed by atoms with Crippen LogP contribution in [0.5, 0.6) is 5.75 Å². The van der Waals surface area contributed by atoms with Crippen molar-refractivity contribution in [1.29, 1.82) is 0 Å². The predicted octanol–water partition coefficient (Wildman–Crippen LogP) is 1.64. The highest BCUT2D eigenvalue weighted by Gasteiger charge is 2.18. The number of piperazine rings is 1. The fourth-order valence-electron chi connectivity index (χ4n) is 2.48. The molecule has 0 aliphatic carbocycles. The van der Waals surface area contributed by atoms with Gasteiger partial charge in [0.05, 0.1) is 26.0 Å². The van der Waals surface area contributed by atoms with E-state index in [-0.39, 0.29) is 24.8 Å². The molecule has 5 nitrogen and oxygen atoms in total. The summed E-state index contributed by atoms with van der Waals surface area (Å²) in [5.74, 6) is 0.951. The van der Waals surface area contributed by atoms with Crippen molar-refractivity contribution in [2.45, 2.75) is 0 Å². The van der Waals surface area contributed by atoms with Crippen LogP contribution in [0.3, 0.4) is 0 Å². The molecule has 0 amide bonds. The normalized spacial score (nSPS) is 14.9. The summed E-state index contributed by atoms with van der Waals surface area (Å²) < 4.78 is 10.9. The second kappa shape index (κ2) is 11.8. The molecule has 1 aromatic rings. The van der Waals surface area contributed by atoms with Gasteiger partial charge in [0, 0.05) is 39.3 Å². The van der Waals surface area contributed by atoms with Gasteiger partial charge in [0.2, 0.25) is 0 Å². The molecule has 0 radical (unpaired) electrons. The molecule has 1 fully saturated rings. The van der Waals surface area contributed by atoms with Crippen molar-refractivity contribution in [3.63, 3.8) is 0 Å². The Kier molecular flexibility index (Phi) is 11.4. The molecule has 0 atom stereocenters. The Morgan fingerprint density at radius 2 is 1.73 bits per heavy atom. The molecule has 2 N–H and O–H groups in total. The van der Waals surface area contributed by atoms with E-state index in [2.05, 4.69) is 21.9 Å². The first-order valence-corrected chi connectivity index (χ1v) is 7.23. The van der Waals surface area contributed by atoms with Crippen LogP contribution >= 0.6 is 24.8 Å². The summed E-state index contributed by atoms with van der Waals surface area (Å²) >= 11 is 0. The number of nitrogens with zero attached hydrogens (tertiary/aromatic N) is 2. The number of rotatable bonds is 7. The van der Waals surface area contributed by atoms with Gasteiger partial charge in [-0.05, 0) is 12.1 Å². The highest BCUT2D eigenvalue weighted by atomic mass is 35.5. The Hall–Kier alpha value is -0.720. The molecule has 0 saturated carbocycles. The summed E-state index contributed by atoms with van der Waals surface area (Å²) in [7, 11) is 1.73. The van der Waals surface area contributed by atoms with Crippen molar-refractivity contribution in [2.75, 3.05) is 64.5 Å². The minimum Gasteiger partial charge on any atom is -0.495 e. The average molecular weight is 352 g/mol. The third kappa shape index (κ3) is 6.18. The number of hydrogen-bond acceptors (Lipinski definition) is 5. The molecule has 0 bridgehead atoms. The van der Waals surface area contributed by atoms with Crippen LogP contribution in [0.2, 0.25) is 0 Å². The van der Waals surface area contributed by atoms with E-state index in [1.165, 1.54) is 5.69 Å². The molecule has 22 heavy (non-hydrogen) atoms. The Morgan fingerprint density at radius 1 is 1.05 bits per heavy atom. The fraction of sp³-hybridized carbons (Fsp3) is 0.600. The minimum absolute atomic E-state index is 0. The maximum atomic E-state index is 5.43. The predicted molar refractivity (Wildman–Crippen MR) is 96.0 cm³/mol. The van der Waals surface area contributed by atoms with Gasteiger partial charge < -0.3 is 20.1 Å². The fourth-order valence-corrected chi connectivity index (χ4v) is 2.48. The molecular formula is C15H27Cl2N3O2. The van der Waals surface area contributed by atoms with Crippen LogP contribution < -0.4 is 15.4 Å². The van der Waals surface area contributed by atoms with Gasteiger partial charge in [0.15, 0.2) is 0 Å². The van der Waals surface area contributed by atoms with Crippen molar-refractivity contribution in [2.24, 2.45) is 5.73 Å². The molecule has 0 aromatic heterocycles. The molecule has 128 valence electrons. The highest BCUT2D eigenvalue weighted by Crippen LogP contribution is 2.28. The summed E-state index contributed by atoms with van der Waals surface area (Å²) in [6.07, 6.45) is 0. The maximum absolute atomic E-state index is 5.43. The van der Waals surface area contributed by atoms with Crippen LogP contribution in [0, 0.1) is 0 Å². The minimum atomic E-state index is 0. The van der Waals surface area contributed by atoms with Gasteiger partial charge >= 0.3 is 0 Å². The van der Waals surface area contributed by atoms with E-state index in [0.29, 0.717) is 13.2 Å². The SMILES string of the molecule is COc1ccccc1N1CCN(CCOCCN)CC1.Cl.Cl. The van der Waals surface area contributed by atoms with Crippen molar-refractivity contribution in [3.05, 3.63) is 24.3 Å². The number of ether oxygens (including phenoxy) is 2. The van der Waals surface area contributed by atoms with E-state index in [1.807, 2.05) is 12.1 Å². The third-order valence-electron chi connectivity index (χ3n) is 3.61. The van der Waals surface area contributed by atoms with E-state index in [1.54, 1.807) is 7.11 Å². The van der Waals surface area contributed by atoms with Crippen molar-refractivity contribution in [1.82, 2.24) is 4.90 Å². The van der Waals surface area contributed by atoms with Crippen molar-refractivity contribution < 1.29 is 9.47 Å². The summed E-state index contributed by atoms with van der Waals surface area (Å²) in [4.78, 5) is 4.82. The van der Waals surface area contributed by atoms with Crippen molar-refractivity contribution >= 4 is 30.5 Å². The Bertz CT molecular complexity index is 402. The zero-order chi connectivity index (χ0) is 14.2. The third-order valence-corrected chi connectivity index (χ3v) is 3.61. The summed E-state index contributed by atoms with van der Waals surface area (Å²) in [5.41, 5.74) is 6.59. The molecular weight excluding hydrogens is 325 g/mol. The van der Waals surface area contributed by atoms with Gasteiger partial charge in [-0.3, -0.25) is 4.90 Å². The lowest BCUT2D eigenvalue weighted by molar-refractivity contribution is 0.107. The molecule has 1 saturated heterocycles. The standard InChI is InChI=1S/C15H25N3O2.2ClH/c1-19-15-5-3-2-4-14(15)18-9-7-17(8-10-18)11-13-20-12-6-16;;/h2-5H,6-13,16H2,1H3;2*1H. The van der Waals surface area contributed by atoms with Gasteiger partial charge in [0.1, 0.15) is 5.75 Å². The van der Waals surface area contributed by atoms with Crippen LogP contribution in [-0.2, 0) is 4.74 Å². The monoisotopic (exact) mass is 351 g/mol. The van der Waals surface area contributed by atoms with Gasteiger partial charge in [-0.2, -0.15) is 0 Å². The molecule has 1 heterocycles. The Morgan fingerprint density at radius 3 is 2.36 bits per heavy atom. The molecule has 2 rings (SSSR count). The Labute approximate surface area is 145 Å². The largest absolute Gasteiger partial charge is 0.495 e. The topological polar surface area (TPSA) is 51.0 Å². The molecule has 1 aromatic carbocycles. The van der Waals surface area contributed by atoms with Crippen LogP contribution in [0.1, 0.15) is 0 Å². The van der Waals surface area contributed by atoms with Gasteiger partial charge in [-0.1, -0.05) is 12.1 Å². The Balaban J connectivity index is 0.00000220. The lowest BCUT2D eigenvalue weighted by Gasteiger charge is -2.36. The number of nitrogens with two attached hydrogens (primary N) is 1. The summed E-state index contributed by atoms with van der Waals surface area (Å²) in [6.45, 7) is 7.18. The molecule has 0 unspecified atom stereocenters. The van der Waals surface area contributed by atoms with E-state index >= 15 is 0 Å². The number of hydrogen-bond donors (Lipinski definition) is 1. The molecule has 7 heteroatoms.